The molecular weight excluding hydrogens is 199 g/mol. The Labute approximate surface area is 86.5 Å². The lowest BCUT2D eigenvalue weighted by Gasteiger charge is -2.28. The van der Waals surface area contributed by atoms with Gasteiger partial charge in [0.15, 0.2) is 0 Å². The minimum Gasteiger partial charge on any atom is -0.492 e. The largest absolute Gasteiger partial charge is 0.492 e. The van der Waals surface area contributed by atoms with E-state index in [9.17, 15) is 9.18 Å². The smallest absolute Gasteiger partial charge is 0.310 e. The number of aliphatic carboxylic acids is 1. The summed E-state index contributed by atoms with van der Waals surface area (Å²) < 4.78 is 18.3. The van der Waals surface area contributed by atoms with Crippen LogP contribution in [0.4, 0.5) is 4.39 Å². The quantitative estimate of drug-likeness (QED) is 0.771. The molecule has 1 aromatic carbocycles. The zero-order chi connectivity index (χ0) is 11.0. The van der Waals surface area contributed by atoms with Crippen molar-refractivity contribution in [2.45, 2.75) is 12.8 Å². The van der Waals surface area contributed by atoms with Gasteiger partial charge < -0.3 is 9.84 Å². The lowest BCUT2D eigenvalue weighted by molar-refractivity contribution is -0.144. The van der Waals surface area contributed by atoms with Crippen LogP contribution >= 0.6 is 0 Å². The van der Waals surface area contributed by atoms with E-state index in [1.807, 2.05) is 0 Å². The van der Waals surface area contributed by atoms with Crippen molar-refractivity contribution in [3.8, 4) is 5.75 Å². The Morgan fingerprint density at radius 3 is 3.00 bits per heavy atom. The molecule has 0 amide bonds. The molecule has 0 radical (unpaired) electrons. The number of carboxylic acid groups (broad SMARTS) is 1. The highest BCUT2D eigenvalue weighted by Crippen LogP contribution is 2.37. The second kappa shape index (κ2) is 3.53. The van der Waals surface area contributed by atoms with Gasteiger partial charge in [0.25, 0.3) is 0 Å². The third-order valence-corrected chi connectivity index (χ3v) is 2.80. The molecule has 2 atom stereocenters. The minimum atomic E-state index is -0.905. The van der Waals surface area contributed by atoms with Crippen molar-refractivity contribution in [1.82, 2.24) is 0 Å². The van der Waals surface area contributed by atoms with E-state index in [1.165, 1.54) is 12.1 Å². The van der Waals surface area contributed by atoms with Crippen LogP contribution in [0.25, 0.3) is 0 Å². The van der Waals surface area contributed by atoms with Crippen LogP contribution in [-0.4, -0.2) is 17.7 Å². The second-order valence-corrected chi connectivity index (χ2v) is 3.73. The van der Waals surface area contributed by atoms with Gasteiger partial charge in [0, 0.05) is 11.5 Å². The molecule has 3 nitrogen and oxygen atoms in total. The molecule has 0 bridgehead atoms. The lowest BCUT2D eigenvalue weighted by atomic mass is 9.85. The van der Waals surface area contributed by atoms with Crippen LogP contribution in [-0.2, 0) is 4.79 Å². The molecule has 0 saturated heterocycles. The Morgan fingerprint density at radius 1 is 1.60 bits per heavy atom. The number of rotatable bonds is 1. The van der Waals surface area contributed by atoms with Gasteiger partial charge in [-0.1, -0.05) is 6.92 Å². The highest BCUT2D eigenvalue weighted by atomic mass is 19.1. The molecule has 1 aliphatic rings. The van der Waals surface area contributed by atoms with Crippen LogP contribution in [0.3, 0.4) is 0 Å². The minimum absolute atomic E-state index is 0.148. The van der Waals surface area contributed by atoms with Gasteiger partial charge >= 0.3 is 5.97 Å². The monoisotopic (exact) mass is 210 g/mol. The van der Waals surface area contributed by atoms with E-state index in [1.54, 1.807) is 13.0 Å². The predicted molar refractivity (Wildman–Crippen MR) is 51.4 cm³/mol. The van der Waals surface area contributed by atoms with Gasteiger partial charge in [-0.3, -0.25) is 4.79 Å². The number of benzene rings is 1. The number of halogens is 1. The van der Waals surface area contributed by atoms with Crippen molar-refractivity contribution in [3.05, 3.63) is 29.6 Å². The Balaban J connectivity index is 2.40. The summed E-state index contributed by atoms with van der Waals surface area (Å²) in [6.07, 6.45) is 0. The molecule has 1 heterocycles. The van der Waals surface area contributed by atoms with E-state index in [4.69, 9.17) is 9.84 Å². The number of ether oxygens (including phenoxy) is 1. The number of hydrogen-bond donors (Lipinski definition) is 1. The van der Waals surface area contributed by atoms with Gasteiger partial charge in [0.1, 0.15) is 18.2 Å². The molecule has 2 rings (SSSR count). The van der Waals surface area contributed by atoms with Crippen LogP contribution in [0, 0.1) is 11.7 Å². The first-order valence-electron chi connectivity index (χ1n) is 4.74. The third-order valence-electron chi connectivity index (χ3n) is 2.80. The van der Waals surface area contributed by atoms with E-state index in [0.717, 1.165) is 0 Å². The summed E-state index contributed by atoms with van der Waals surface area (Å²) in [5, 5.41) is 8.93. The lowest BCUT2D eigenvalue weighted by Crippen LogP contribution is -2.30. The fourth-order valence-corrected chi connectivity index (χ4v) is 1.83. The van der Waals surface area contributed by atoms with Crippen LogP contribution in [0.1, 0.15) is 18.4 Å². The topological polar surface area (TPSA) is 46.5 Å². The molecule has 1 aliphatic heterocycles. The number of hydrogen-bond acceptors (Lipinski definition) is 2. The average Bonchev–Trinajstić information content (AvgIpc) is 2.19. The molecule has 0 saturated carbocycles. The first kappa shape index (κ1) is 9.96. The Hall–Kier alpha value is -1.58. The molecule has 80 valence electrons. The zero-order valence-electron chi connectivity index (χ0n) is 8.24. The summed E-state index contributed by atoms with van der Waals surface area (Å²) in [5.74, 6) is -1.50. The van der Waals surface area contributed by atoms with Crippen LogP contribution in [0.15, 0.2) is 18.2 Å². The van der Waals surface area contributed by atoms with Gasteiger partial charge in [-0.25, -0.2) is 4.39 Å². The fraction of sp³-hybridized carbons (Fsp3) is 0.364. The standard InChI is InChI=1S/C11H11FO3/c1-6-8-4-7(12)2-3-10(8)15-5-9(6)11(13)14/h2-4,6,9H,5H2,1H3,(H,13,14). The summed E-state index contributed by atoms with van der Waals surface area (Å²) in [7, 11) is 0. The highest BCUT2D eigenvalue weighted by Gasteiger charge is 2.32. The molecule has 1 N–H and O–H groups in total. The SMILES string of the molecule is CC1c2cc(F)ccc2OCC1C(=O)O. The van der Waals surface area contributed by atoms with E-state index in [0.29, 0.717) is 11.3 Å². The molecule has 2 unspecified atom stereocenters. The summed E-state index contributed by atoms with van der Waals surface area (Å²) in [6.45, 7) is 1.93. The number of fused-ring (bicyclic) bond motifs is 1. The van der Waals surface area contributed by atoms with Crippen molar-refractivity contribution >= 4 is 5.97 Å². The maximum atomic E-state index is 13.0. The molecule has 0 fully saturated rings. The summed E-state index contributed by atoms with van der Waals surface area (Å²) in [4.78, 5) is 10.9. The fourth-order valence-electron chi connectivity index (χ4n) is 1.83. The van der Waals surface area contributed by atoms with Crippen molar-refractivity contribution in [2.24, 2.45) is 5.92 Å². The normalized spacial score (nSPS) is 24.1. The van der Waals surface area contributed by atoms with Crippen molar-refractivity contribution in [3.63, 3.8) is 0 Å². The van der Waals surface area contributed by atoms with Crippen molar-refractivity contribution < 1.29 is 19.0 Å². The van der Waals surface area contributed by atoms with Gasteiger partial charge in [0.2, 0.25) is 0 Å². The summed E-state index contributed by atoms with van der Waals surface area (Å²) in [6, 6.07) is 4.20. The molecule has 0 spiro atoms. The van der Waals surface area contributed by atoms with Crippen molar-refractivity contribution in [1.29, 1.82) is 0 Å². The molecule has 15 heavy (non-hydrogen) atoms. The number of carbonyl (C=O) groups is 1. The maximum Gasteiger partial charge on any atom is 0.310 e. The first-order valence-corrected chi connectivity index (χ1v) is 4.74. The van der Waals surface area contributed by atoms with Gasteiger partial charge in [-0.15, -0.1) is 0 Å². The Bertz CT molecular complexity index is 403. The molecule has 0 aromatic heterocycles. The van der Waals surface area contributed by atoms with E-state index in [2.05, 4.69) is 0 Å². The molecule has 0 aliphatic carbocycles. The van der Waals surface area contributed by atoms with E-state index >= 15 is 0 Å². The van der Waals surface area contributed by atoms with Crippen molar-refractivity contribution in [2.75, 3.05) is 6.61 Å². The van der Waals surface area contributed by atoms with Gasteiger partial charge in [-0.2, -0.15) is 0 Å². The predicted octanol–water partition coefficient (Wildman–Crippen LogP) is 2.02. The Morgan fingerprint density at radius 2 is 2.33 bits per heavy atom. The first-order chi connectivity index (χ1) is 7.09. The third kappa shape index (κ3) is 1.67. The summed E-state index contributed by atoms with van der Waals surface area (Å²) in [5.41, 5.74) is 0.633. The molecule has 1 aromatic rings. The van der Waals surface area contributed by atoms with Crippen LogP contribution in [0.5, 0.6) is 5.75 Å². The summed E-state index contributed by atoms with van der Waals surface area (Å²) >= 11 is 0. The van der Waals surface area contributed by atoms with Crippen LogP contribution < -0.4 is 4.74 Å². The number of carboxylic acids is 1. The van der Waals surface area contributed by atoms with E-state index < -0.39 is 11.9 Å². The molecular formula is C11H11FO3. The van der Waals surface area contributed by atoms with Gasteiger partial charge in [0.05, 0.1) is 5.92 Å². The van der Waals surface area contributed by atoms with Crippen LogP contribution in [0.2, 0.25) is 0 Å². The average molecular weight is 210 g/mol. The zero-order valence-corrected chi connectivity index (χ0v) is 8.24. The molecule has 4 heteroatoms. The highest BCUT2D eigenvalue weighted by molar-refractivity contribution is 5.72. The Kier molecular flexibility index (Phi) is 2.34. The van der Waals surface area contributed by atoms with Gasteiger partial charge in [-0.05, 0) is 18.2 Å². The second-order valence-electron chi connectivity index (χ2n) is 3.73. The van der Waals surface area contributed by atoms with E-state index in [-0.39, 0.29) is 18.3 Å². The maximum absolute atomic E-state index is 13.0.